The number of oxazole rings is 1. The van der Waals surface area contributed by atoms with E-state index in [2.05, 4.69) is 20.9 Å². The maximum Gasteiger partial charge on any atom is 0.227 e. The Bertz CT molecular complexity index is 521. The van der Waals surface area contributed by atoms with Crippen LogP contribution < -0.4 is 0 Å². The number of hydrogen-bond acceptors (Lipinski definition) is 3. The first-order chi connectivity index (χ1) is 8.50. The van der Waals surface area contributed by atoms with Crippen LogP contribution in [0.15, 0.2) is 33.2 Å². The minimum atomic E-state index is -0.647. The molecule has 0 radical (unpaired) electrons. The van der Waals surface area contributed by atoms with Crippen LogP contribution in [0.2, 0.25) is 0 Å². The van der Waals surface area contributed by atoms with E-state index in [1.54, 1.807) is 6.92 Å². The van der Waals surface area contributed by atoms with Crippen molar-refractivity contribution >= 4 is 15.9 Å². The zero-order valence-corrected chi connectivity index (χ0v) is 12.2. The molecule has 0 amide bonds. The summed E-state index contributed by atoms with van der Waals surface area (Å²) in [6.07, 6.45) is -0.647. The predicted molar refractivity (Wildman–Crippen MR) is 74.4 cm³/mol. The molecule has 0 aliphatic rings. The van der Waals surface area contributed by atoms with Gasteiger partial charge in [-0.15, -0.1) is 0 Å². The fraction of sp³-hybridized carbons (Fsp3) is 0.357. The summed E-state index contributed by atoms with van der Waals surface area (Å²) in [6.45, 7) is 5.76. The first kappa shape index (κ1) is 13.3. The van der Waals surface area contributed by atoms with E-state index in [1.807, 2.05) is 38.1 Å². The largest absolute Gasteiger partial charge is 0.438 e. The summed E-state index contributed by atoms with van der Waals surface area (Å²) in [5, 5.41) is 9.74. The van der Waals surface area contributed by atoms with Crippen LogP contribution in [0.1, 0.15) is 44.2 Å². The molecule has 18 heavy (non-hydrogen) atoms. The Hall–Kier alpha value is -1.13. The van der Waals surface area contributed by atoms with E-state index < -0.39 is 6.10 Å². The lowest BCUT2D eigenvalue weighted by molar-refractivity contribution is 0.168. The van der Waals surface area contributed by atoms with Crippen LogP contribution in [-0.4, -0.2) is 10.1 Å². The Morgan fingerprint density at radius 1 is 1.22 bits per heavy atom. The monoisotopic (exact) mass is 309 g/mol. The molecular weight excluding hydrogens is 294 g/mol. The molecule has 0 spiro atoms. The fourth-order valence-electron chi connectivity index (χ4n) is 1.81. The summed E-state index contributed by atoms with van der Waals surface area (Å²) in [6, 6.07) is 7.75. The molecule has 1 heterocycles. The van der Waals surface area contributed by atoms with E-state index in [0.29, 0.717) is 11.7 Å². The van der Waals surface area contributed by atoms with Crippen molar-refractivity contribution in [3.8, 4) is 11.5 Å². The van der Waals surface area contributed by atoms with Gasteiger partial charge in [-0.25, -0.2) is 4.98 Å². The first-order valence-electron chi connectivity index (χ1n) is 5.94. The molecule has 1 unspecified atom stereocenters. The maximum absolute atomic E-state index is 9.74. The molecular formula is C14H16BrNO2. The second-order valence-electron chi connectivity index (χ2n) is 4.58. The predicted octanol–water partition coefficient (Wildman–Crippen LogP) is 4.28. The summed E-state index contributed by atoms with van der Waals surface area (Å²) in [5.74, 6) is 1.31. The van der Waals surface area contributed by atoms with E-state index in [9.17, 15) is 5.11 Å². The summed E-state index contributed by atoms with van der Waals surface area (Å²) in [5.41, 5.74) is 1.71. The third-order valence-corrected chi connectivity index (χ3v) is 3.40. The van der Waals surface area contributed by atoms with Gasteiger partial charge in [0, 0.05) is 4.47 Å². The summed E-state index contributed by atoms with van der Waals surface area (Å²) >= 11 is 3.48. The van der Waals surface area contributed by atoms with Gasteiger partial charge in [-0.3, -0.25) is 0 Å². The minimum Gasteiger partial charge on any atom is -0.438 e. The third kappa shape index (κ3) is 2.49. The van der Waals surface area contributed by atoms with Gasteiger partial charge in [0.05, 0.1) is 11.3 Å². The van der Waals surface area contributed by atoms with Crippen LogP contribution >= 0.6 is 15.9 Å². The smallest absolute Gasteiger partial charge is 0.227 e. The highest BCUT2D eigenvalue weighted by Gasteiger charge is 2.21. The van der Waals surface area contributed by atoms with Crippen LogP contribution in [-0.2, 0) is 0 Å². The molecule has 3 nitrogen and oxygen atoms in total. The number of aliphatic hydroxyl groups excluding tert-OH is 1. The molecule has 1 N–H and O–H groups in total. The second-order valence-corrected chi connectivity index (χ2v) is 5.43. The molecule has 2 aromatic rings. The van der Waals surface area contributed by atoms with E-state index in [4.69, 9.17) is 4.42 Å². The number of nitrogens with zero attached hydrogens (tertiary/aromatic N) is 1. The van der Waals surface area contributed by atoms with Gasteiger partial charge in [0.1, 0.15) is 6.10 Å². The Kier molecular flexibility index (Phi) is 3.88. The first-order valence-corrected chi connectivity index (χ1v) is 6.73. The lowest BCUT2D eigenvalue weighted by Crippen LogP contribution is -1.97. The quantitative estimate of drug-likeness (QED) is 0.920. The van der Waals surface area contributed by atoms with E-state index >= 15 is 0 Å². The van der Waals surface area contributed by atoms with Gasteiger partial charge in [0.15, 0.2) is 5.76 Å². The van der Waals surface area contributed by atoms with Gasteiger partial charge in [0.25, 0.3) is 0 Å². The minimum absolute atomic E-state index is 0.217. The summed E-state index contributed by atoms with van der Waals surface area (Å²) < 4.78 is 6.64. The molecule has 0 aliphatic heterocycles. The summed E-state index contributed by atoms with van der Waals surface area (Å²) in [7, 11) is 0. The maximum atomic E-state index is 9.74. The molecule has 1 aromatic heterocycles. The van der Waals surface area contributed by atoms with E-state index in [-0.39, 0.29) is 5.92 Å². The van der Waals surface area contributed by atoms with Gasteiger partial charge >= 0.3 is 0 Å². The van der Waals surface area contributed by atoms with Gasteiger partial charge < -0.3 is 9.52 Å². The van der Waals surface area contributed by atoms with Crippen molar-refractivity contribution in [1.82, 2.24) is 4.98 Å². The second kappa shape index (κ2) is 5.24. The molecule has 0 aliphatic carbocycles. The highest BCUT2D eigenvalue weighted by Crippen LogP contribution is 2.33. The molecule has 0 saturated heterocycles. The average Bonchev–Trinajstić information content (AvgIpc) is 2.74. The van der Waals surface area contributed by atoms with Crippen molar-refractivity contribution in [2.45, 2.75) is 32.8 Å². The van der Waals surface area contributed by atoms with Gasteiger partial charge in [0.2, 0.25) is 5.89 Å². The number of benzene rings is 1. The molecule has 4 heteroatoms. The van der Waals surface area contributed by atoms with Crippen molar-refractivity contribution in [1.29, 1.82) is 0 Å². The van der Waals surface area contributed by atoms with Crippen molar-refractivity contribution in [3.63, 3.8) is 0 Å². The Morgan fingerprint density at radius 2 is 1.89 bits per heavy atom. The van der Waals surface area contributed by atoms with Crippen molar-refractivity contribution in [2.24, 2.45) is 0 Å². The number of hydrogen-bond donors (Lipinski definition) is 1. The third-order valence-electron chi connectivity index (χ3n) is 2.71. The lowest BCUT2D eigenvalue weighted by Gasteiger charge is -2.04. The highest BCUT2D eigenvalue weighted by molar-refractivity contribution is 9.10. The standard InChI is InChI=1S/C14H16BrNO2/c1-8(2)12-13(9(3)17)18-14(16-12)10-6-4-5-7-11(10)15/h4-9,17H,1-3H3. The zero-order valence-electron chi connectivity index (χ0n) is 10.6. The molecule has 96 valence electrons. The number of halogens is 1. The van der Waals surface area contributed by atoms with Crippen molar-refractivity contribution in [3.05, 3.63) is 40.2 Å². The van der Waals surface area contributed by atoms with Crippen LogP contribution in [0, 0.1) is 0 Å². The van der Waals surface area contributed by atoms with Crippen LogP contribution in [0.25, 0.3) is 11.5 Å². The van der Waals surface area contributed by atoms with E-state index in [1.165, 1.54) is 0 Å². The van der Waals surface area contributed by atoms with Crippen LogP contribution in [0.3, 0.4) is 0 Å². The normalized spacial score (nSPS) is 13.0. The Labute approximate surface area is 115 Å². The van der Waals surface area contributed by atoms with Crippen LogP contribution in [0.4, 0.5) is 0 Å². The summed E-state index contributed by atoms with van der Waals surface area (Å²) in [4.78, 5) is 4.51. The topological polar surface area (TPSA) is 46.3 Å². The molecule has 0 saturated carbocycles. The van der Waals surface area contributed by atoms with Gasteiger partial charge in [-0.2, -0.15) is 0 Å². The zero-order chi connectivity index (χ0) is 13.3. The Balaban J connectivity index is 2.54. The molecule has 1 atom stereocenters. The molecule has 0 bridgehead atoms. The van der Waals surface area contributed by atoms with Crippen LogP contribution in [0.5, 0.6) is 0 Å². The molecule has 1 aromatic carbocycles. The highest BCUT2D eigenvalue weighted by atomic mass is 79.9. The van der Waals surface area contributed by atoms with Gasteiger partial charge in [-0.1, -0.05) is 26.0 Å². The van der Waals surface area contributed by atoms with Crippen molar-refractivity contribution in [2.75, 3.05) is 0 Å². The number of aromatic nitrogens is 1. The fourth-order valence-corrected chi connectivity index (χ4v) is 2.26. The van der Waals surface area contributed by atoms with Gasteiger partial charge in [-0.05, 0) is 40.9 Å². The molecule has 0 fully saturated rings. The number of rotatable bonds is 3. The molecule has 2 rings (SSSR count). The van der Waals surface area contributed by atoms with E-state index in [0.717, 1.165) is 15.7 Å². The SMILES string of the molecule is CC(C)c1nc(-c2ccccc2Br)oc1C(C)O. The Morgan fingerprint density at radius 3 is 2.39 bits per heavy atom. The average molecular weight is 310 g/mol. The lowest BCUT2D eigenvalue weighted by atomic mass is 10.1. The van der Waals surface area contributed by atoms with Crippen molar-refractivity contribution < 1.29 is 9.52 Å². The number of aliphatic hydroxyl groups is 1.